The van der Waals surface area contributed by atoms with E-state index in [0.29, 0.717) is 5.92 Å². The molecule has 2 unspecified atom stereocenters. The summed E-state index contributed by atoms with van der Waals surface area (Å²) in [5, 5.41) is 9.99. The van der Waals surface area contributed by atoms with Crippen molar-refractivity contribution < 1.29 is 5.11 Å². The van der Waals surface area contributed by atoms with Gasteiger partial charge in [0.15, 0.2) is 0 Å². The van der Waals surface area contributed by atoms with Gasteiger partial charge in [0.2, 0.25) is 0 Å². The Hall–Kier alpha value is -0.560. The zero-order chi connectivity index (χ0) is 12.0. The number of aliphatic hydroxyl groups excluding tert-OH is 1. The Morgan fingerprint density at radius 3 is 2.38 bits per heavy atom. The Morgan fingerprint density at radius 2 is 1.62 bits per heavy atom. The molecule has 0 saturated carbocycles. The highest BCUT2D eigenvalue weighted by atomic mass is 16.3. The number of aliphatic hydroxyl groups is 1. The largest absolute Gasteiger partial charge is 0.393 e. The van der Waals surface area contributed by atoms with Crippen LogP contribution in [0.5, 0.6) is 0 Å². The van der Waals surface area contributed by atoms with E-state index in [1.807, 2.05) is 0 Å². The molecule has 0 aromatic rings. The van der Waals surface area contributed by atoms with Crippen LogP contribution in [-0.4, -0.2) is 11.2 Å². The fraction of sp³-hybridized carbons (Fsp3) is 0.733. The van der Waals surface area contributed by atoms with Gasteiger partial charge in [-0.25, -0.2) is 0 Å². The van der Waals surface area contributed by atoms with Gasteiger partial charge in [-0.3, -0.25) is 0 Å². The van der Waals surface area contributed by atoms with Crippen LogP contribution in [0.2, 0.25) is 0 Å². The minimum absolute atomic E-state index is 0.128. The molecule has 0 heterocycles. The third-order valence-electron chi connectivity index (χ3n) is 3.64. The molecule has 0 bridgehead atoms. The lowest BCUT2D eigenvalue weighted by molar-refractivity contribution is 0.104. The van der Waals surface area contributed by atoms with Crippen LogP contribution in [0.15, 0.2) is 23.3 Å². The van der Waals surface area contributed by atoms with Crippen molar-refractivity contribution in [2.24, 2.45) is 5.92 Å². The Kier molecular flexibility index (Phi) is 5.83. The van der Waals surface area contributed by atoms with Crippen LogP contribution >= 0.6 is 0 Å². The topological polar surface area (TPSA) is 20.2 Å². The molecule has 0 amide bonds. The molecule has 16 heavy (non-hydrogen) atoms. The fourth-order valence-electron chi connectivity index (χ4n) is 2.18. The molecule has 1 nitrogen and oxygen atoms in total. The van der Waals surface area contributed by atoms with Crippen LogP contribution in [0, 0.1) is 5.92 Å². The lowest BCUT2D eigenvalue weighted by atomic mass is 9.92. The van der Waals surface area contributed by atoms with E-state index < -0.39 is 0 Å². The van der Waals surface area contributed by atoms with E-state index in [-0.39, 0.29) is 6.10 Å². The molecule has 1 N–H and O–H groups in total. The molecule has 0 radical (unpaired) electrons. The van der Waals surface area contributed by atoms with Gasteiger partial charge in [-0.1, -0.05) is 30.2 Å². The van der Waals surface area contributed by atoms with Crippen LogP contribution in [0.1, 0.15) is 59.3 Å². The van der Waals surface area contributed by atoms with Gasteiger partial charge in [-0.05, 0) is 58.3 Å². The van der Waals surface area contributed by atoms with E-state index in [1.165, 1.54) is 24.0 Å². The first-order valence-electron chi connectivity index (χ1n) is 6.59. The van der Waals surface area contributed by atoms with E-state index in [1.54, 1.807) is 0 Å². The molecule has 1 heteroatoms. The molecule has 0 spiro atoms. The Balaban J connectivity index is 2.61. The average molecular weight is 222 g/mol. The number of hydrogen-bond acceptors (Lipinski definition) is 1. The van der Waals surface area contributed by atoms with Gasteiger partial charge in [0.25, 0.3) is 0 Å². The summed E-state index contributed by atoms with van der Waals surface area (Å²) in [6.45, 7) is 6.58. The van der Waals surface area contributed by atoms with E-state index >= 15 is 0 Å². The number of rotatable bonds is 0. The molecule has 0 fully saturated rings. The average Bonchev–Trinajstić information content (AvgIpc) is 2.24. The van der Waals surface area contributed by atoms with Gasteiger partial charge in [0, 0.05) is 0 Å². The molecule has 1 aliphatic rings. The maximum Gasteiger partial charge on any atom is 0.0568 e. The van der Waals surface area contributed by atoms with Crippen molar-refractivity contribution in [2.75, 3.05) is 0 Å². The molecular weight excluding hydrogens is 196 g/mol. The SMILES string of the molecule is CC1=CCCC(O)C(C)CCC(C)=CCC1. The summed E-state index contributed by atoms with van der Waals surface area (Å²) in [5.74, 6) is 0.427. The molecule has 0 aliphatic heterocycles. The van der Waals surface area contributed by atoms with Crippen LogP contribution < -0.4 is 0 Å². The molecule has 0 saturated heterocycles. The first-order chi connectivity index (χ1) is 7.59. The lowest BCUT2D eigenvalue weighted by Gasteiger charge is -2.19. The van der Waals surface area contributed by atoms with Gasteiger partial charge in [0.05, 0.1) is 6.10 Å². The Bertz CT molecular complexity index is 263. The van der Waals surface area contributed by atoms with Crippen LogP contribution in [0.3, 0.4) is 0 Å². The van der Waals surface area contributed by atoms with E-state index in [2.05, 4.69) is 32.9 Å². The summed E-state index contributed by atoms with van der Waals surface area (Å²) in [7, 11) is 0. The fourth-order valence-corrected chi connectivity index (χ4v) is 2.18. The summed E-state index contributed by atoms with van der Waals surface area (Å²) in [5.41, 5.74) is 2.94. The van der Waals surface area contributed by atoms with E-state index in [4.69, 9.17) is 0 Å². The molecular formula is C15H26O. The Labute approximate surface area is 100 Å². The third kappa shape index (κ3) is 4.98. The van der Waals surface area contributed by atoms with Crippen LogP contribution in [0.4, 0.5) is 0 Å². The van der Waals surface area contributed by atoms with Crippen molar-refractivity contribution >= 4 is 0 Å². The molecule has 0 aromatic heterocycles. The lowest BCUT2D eigenvalue weighted by Crippen LogP contribution is -2.17. The summed E-state index contributed by atoms with van der Waals surface area (Å²) < 4.78 is 0. The summed E-state index contributed by atoms with van der Waals surface area (Å²) in [4.78, 5) is 0. The van der Waals surface area contributed by atoms with Crippen molar-refractivity contribution in [3.8, 4) is 0 Å². The standard InChI is InChI=1S/C15H26O/c1-12-6-4-7-13(2)10-11-14(3)15(16)9-5-8-12/h7-8,14-16H,4-6,9-11H2,1-3H3. The predicted molar refractivity (Wildman–Crippen MR) is 70.4 cm³/mol. The van der Waals surface area contributed by atoms with Crippen molar-refractivity contribution in [1.29, 1.82) is 0 Å². The molecule has 92 valence electrons. The minimum Gasteiger partial charge on any atom is -0.393 e. The quantitative estimate of drug-likeness (QED) is 0.608. The highest BCUT2D eigenvalue weighted by Gasteiger charge is 2.13. The van der Waals surface area contributed by atoms with Gasteiger partial charge >= 0.3 is 0 Å². The highest BCUT2D eigenvalue weighted by Crippen LogP contribution is 2.20. The summed E-state index contributed by atoms with van der Waals surface area (Å²) in [6.07, 6.45) is 11.1. The zero-order valence-corrected chi connectivity index (χ0v) is 11.0. The summed E-state index contributed by atoms with van der Waals surface area (Å²) in [6, 6.07) is 0. The van der Waals surface area contributed by atoms with Gasteiger partial charge in [0.1, 0.15) is 0 Å². The van der Waals surface area contributed by atoms with E-state index in [0.717, 1.165) is 25.7 Å². The van der Waals surface area contributed by atoms with Gasteiger partial charge in [-0.15, -0.1) is 0 Å². The second-order valence-corrected chi connectivity index (χ2v) is 5.30. The Morgan fingerprint density at radius 1 is 1.00 bits per heavy atom. The van der Waals surface area contributed by atoms with Crippen molar-refractivity contribution in [1.82, 2.24) is 0 Å². The predicted octanol–water partition coefficient (Wildman–Crippen LogP) is 4.23. The molecule has 1 rings (SSSR count). The second-order valence-electron chi connectivity index (χ2n) is 5.30. The van der Waals surface area contributed by atoms with Crippen LogP contribution in [-0.2, 0) is 0 Å². The number of allylic oxidation sites excluding steroid dienone is 4. The minimum atomic E-state index is -0.128. The molecule has 0 aromatic carbocycles. The molecule has 1 aliphatic carbocycles. The van der Waals surface area contributed by atoms with Crippen LogP contribution in [0.25, 0.3) is 0 Å². The van der Waals surface area contributed by atoms with Crippen molar-refractivity contribution in [2.45, 2.75) is 65.4 Å². The first-order valence-corrected chi connectivity index (χ1v) is 6.59. The van der Waals surface area contributed by atoms with Gasteiger partial charge < -0.3 is 5.11 Å². The molecule has 2 atom stereocenters. The third-order valence-corrected chi connectivity index (χ3v) is 3.64. The van der Waals surface area contributed by atoms with E-state index in [9.17, 15) is 5.11 Å². The number of hydrogen-bond donors (Lipinski definition) is 1. The second kappa shape index (κ2) is 6.90. The summed E-state index contributed by atoms with van der Waals surface area (Å²) >= 11 is 0. The first kappa shape index (κ1) is 13.5. The maximum atomic E-state index is 9.99. The zero-order valence-electron chi connectivity index (χ0n) is 11.0. The van der Waals surface area contributed by atoms with Gasteiger partial charge in [-0.2, -0.15) is 0 Å². The highest BCUT2D eigenvalue weighted by molar-refractivity contribution is 5.04. The van der Waals surface area contributed by atoms with Crippen molar-refractivity contribution in [3.05, 3.63) is 23.3 Å². The normalized spacial score (nSPS) is 29.8. The smallest absolute Gasteiger partial charge is 0.0568 e. The van der Waals surface area contributed by atoms with Crippen molar-refractivity contribution in [3.63, 3.8) is 0 Å². The monoisotopic (exact) mass is 222 g/mol. The maximum absolute atomic E-state index is 9.99.